The molecule has 10 nitrogen and oxygen atoms in total. The van der Waals surface area contributed by atoms with Crippen molar-refractivity contribution in [3.05, 3.63) is 52.4 Å². The van der Waals surface area contributed by atoms with E-state index < -0.39 is 23.9 Å². The Labute approximate surface area is 247 Å². The van der Waals surface area contributed by atoms with E-state index in [0.29, 0.717) is 33.7 Å². The third kappa shape index (κ3) is 5.33. The monoisotopic (exact) mass is 615 g/mol. The molecule has 228 valence electrons. The molecule has 0 unspecified atom stereocenters. The van der Waals surface area contributed by atoms with E-state index in [4.69, 9.17) is 13.9 Å². The molecular weight excluding hydrogens is 574 g/mol. The van der Waals surface area contributed by atoms with Crippen molar-refractivity contribution >= 4 is 45.7 Å². The van der Waals surface area contributed by atoms with Gasteiger partial charge in [-0.2, -0.15) is 0 Å². The van der Waals surface area contributed by atoms with Crippen molar-refractivity contribution in [3.8, 4) is 23.1 Å². The second kappa shape index (κ2) is 11.6. The van der Waals surface area contributed by atoms with Crippen LogP contribution in [0.1, 0.15) is 47.1 Å². The lowest BCUT2D eigenvalue weighted by Crippen LogP contribution is -2.50. The highest BCUT2D eigenvalue weighted by Gasteiger charge is 2.48. The highest BCUT2D eigenvalue weighted by atomic mass is 32.2. The number of fused-ring (bicyclic) bond motifs is 2. The molecule has 3 N–H and O–H groups in total. The van der Waals surface area contributed by atoms with Crippen molar-refractivity contribution in [2.45, 2.75) is 64.7 Å². The van der Waals surface area contributed by atoms with Gasteiger partial charge in [0, 0.05) is 23.2 Å². The molecule has 0 spiro atoms. The molecule has 0 aliphatic heterocycles. The predicted octanol–water partition coefficient (Wildman–Crippen LogP) is 6.18. The van der Waals surface area contributed by atoms with Crippen LogP contribution in [0.15, 0.2) is 41.3 Å². The fourth-order valence-electron chi connectivity index (χ4n) is 6.35. The van der Waals surface area contributed by atoms with Crippen LogP contribution >= 0.6 is 0 Å². The number of benzene rings is 2. The van der Waals surface area contributed by atoms with Gasteiger partial charge >= 0.3 is 0 Å². The van der Waals surface area contributed by atoms with Crippen LogP contribution in [0.5, 0.6) is 23.1 Å². The molecule has 0 bridgehead atoms. The van der Waals surface area contributed by atoms with Crippen LogP contribution in [0.4, 0.5) is 5.69 Å². The second-order valence-corrected chi connectivity index (χ2v) is 18.7. The van der Waals surface area contributed by atoms with Crippen LogP contribution in [0, 0.1) is 0 Å². The number of aromatic hydroxyl groups is 1. The molecule has 0 saturated heterocycles. The fraction of sp³-hybridized carbons (Fsp3) is 0.433. The average Bonchev–Trinajstić information content (AvgIpc) is 3.16. The van der Waals surface area contributed by atoms with Gasteiger partial charge < -0.3 is 24.0 Å². The minimum atomic E-state index is -3.81. The number of H-pyrrole nitrogens is 1. The highest BCUT2D eigenvalue weighted by Crippen LogP contribution is 2.49. The number of rotatable bonds is 11. The maximum atomic E-state index is 14.2. The Morgan fingerprint density at radius 3 is 2.19 bits per heavy atom. The Balaban J connectivity index is 2.15. The summed E-state index contributed by atoms with van der Waals surface area (Å²) >= 11 is 0. The first-order chi connectivity index (χ1) is 19.7. The van der Waals surface area contributed by atoms with Gasteiger partial charge in [-0.05, 0) is 40.9 Å². The molecule has 4 rings (SSSR count). The Morgan fingerprint density at radius 1 is 1.00 bits per heavy atom. The lowest BCUT2D eigenvalue weighted by molar-refractivity contribution is 0.387. The zero-order chi connectivity index (χ0) is 31.1. The van der Waals surface area contributed by atoms with E-state index in [-0.39, 0.29) is 45.5 Å². The molecule has 0 radical (unpaired) electrons. The van der Waals surface area contributed by atoms with Crippen LogP contribution < -0.4 is 24.2 Å². The number of aromatic nitrogens is 2. The maximum absolute atomic E-state index is 14.2. The zero-order valence-corrected chi connectivity index (χ0v) is 27.5. The summed E-state index contributed by atoms with van der Waals surface area (Å²) in [6.45, 7) is 12.9. The van der Waals surface area contributed by atoms with E-state index in [1.807, 2.05) is 0 Å². The second-order valence-electron chi connectivity index (χ2n) is 11.6. The summed E-state index contributed by atoms with van der Waals surface area (Å²) in [6.07, 6.45) is 2.74. The summed E-state index contributed by atoms with van der Waals surface area (Å²) < 4.78 is 46.9. The van der Waals surface area contributed by atoms with Crippen molar-refractivity contribution in [1.29, 1.82) is 0 Å². The number of sulfonamides is 1. The third-order valence-corrected chi connectivity index (χ3v) is 14.7. The predicted molar refractivity (Wildman–Crippen MR) is 171 cm³/mol. The van der Waals surface area contributed by atoms with Gasteiger partial charge in [-0.25, -0.2) is 8.42 Å². The summed E-state index contributed by atoms with van der Waals surface area (Å²) in [5.41, 5.74) is 1.22. The Bertz CT molecular complexity index is 1770. The highest BCUT2D eigenvalue weighted by molar-refractivity contribution is 7.92. The number of nitrogens with zero attached hydrogens (tertiary/aromatic N) is 1. The first-order valence-electron chi connectivity index (χ1n) is 13.9. The van der Waals surface area contributed by atoms with Crippen LogP contribution in [-0.4, -0.2) is 51.9 Å². The van der Waals surface area contributed by atoms with Gasteiger partial charge in [0.05, 0.1) is 49.0 Å². The number of hydrogen-bond donors (Lipinski definition) is 3. The molecule has 42 heavy (non-hydrogen) atoms. The Kier molecular flexibility index (Phi) is 8.61. The van der Waals surface area contributed by atoms with E-state index >= 15 is 0 Å². The van der Waals surface area contributed by atoms with Crippen LogP contribution in [0.25, 0.3) is 21.7 Å². The van der Waals surface area contributed by atoms with Gasteiger partial charge in [0.1, 0.15) is 17.2 Å². The molecule has 0 fully saturated rings. The number of pyridine rings is 1. The summed E-state index contributed by atoms with van der Waals surface area (Å²) in [4.78, 5) is 17.4. The minimum absolute atomic E-state index is 0.0340. The largest absolute Gasteiger partial charge is 0.541 e. The van der Waals surface area contributed by atoms with Gasteiger partial charge in [-0.1, -0.05) is 41.5 Å². The molecule has 2 aromatic heterocycles. The van der Waals surface area contributed by atoms with E-state index in [1.165, 1.54) is 11.7 Å². The SMILES string of the molecule is COc1ccc(Cn2c(O)c3c(O[Si](C(C)C)(C(C)C)C(C)C)c4[nH]cccc4c(NS(C)(=O)=O)c3c2=O)c(OC)c1. The number of aromatic amines is 1. The summed E-state index contributed by atoms with van der Waals surface area (Å²) in [5.74, 6) is 1.07. The van der Waals surface area contributed by atoms with Gasteiger partial charge in [0.15, 0.2) is 0 Å². The molecule has 2 aromatic carbocycles. The zero-order valence-electron chi connectivity index (χ0n) is 25.7. The fourth-order valence-corrected chi connectivity index (χ4v) is 12.2. The topological polar surface area (TPSA) is 132 Å². The molecule has 0 amide bonds. The maximum Gasteiger partial charge on any atom is 0.264 e. The van der Waals surface area contributed by atoms with Gasteiger partial charge in [-0.3, -0.25) is 14.1 Å². The van der Waals surface area contributed by atoms with Crippen LogP contribution in [0.2, 0.25) is 16.6 Å². The standard InChI is InChI=1S/C30H41N3O7SSi/c1-17(2)42(18(3)4,19(5)6)40-28-25-24(26(32-41(9,36)37)22-11-10-14-31-27(22)28)29(34)33(30(25)35)16-20-12-13-21(38-7)15-23(20)39-8/h10-15,17-19,31-32,35H,16H2,1-9H3. The smallest absolute Gasteiger partial charge is 0.264 e. The molecule has 2 heterocycles. The summed E-state index contributed by atoms with van der Waals surface area (Å²) in [7, 11) is -3.36. The van der Waals surface area contributed by atoms with E-state index in [1.54, 1.807) is 43.6 Å². The lowest BCUT2D eigenvalue weighted by Gasteiger charge is -2.42. The number of methoxy groups -OCH3 is 2. The van der Waals surface area contributed by atoms with Gasteiger partial charge in [-0.15, -0.1) is 0 Å². The molecular formula is C30H41N3O7SSi. The molecule has 12 heteroatoms. The molecule has 4 aromatic rings. The normalized spacial score (nSPS) is 12.6. The molecule has 0 aliphatic carbocycles. The van der Waals surface area contributed by atoms with E-state index in [0.717, 1.165) is 6.26 Å². The van der Waals surface area contributed by atoms with E-state index in [9.17, 15) is 18.3 Å². The van der Waals surface area contributed by atoms with Crippen molar-refractivity contribution < 1.29 is 27.4 Å². The molecule has 0 atom stereocenters. The number of ether oxygens (including phenoxy) is 2. The Hall–Kier alpha value is -3.64. The Morgan fingerprint density at radius 2 is 1.64 bits per heavy atom. The summed E-state index contributed by atoms with van der Waals surface area (Å²) in [6, 6.07) is 8.66. The average molecular weight is 616 g/mol. The van der Waals surface area contributed by atoms with Crippen molar-refractivity contribution in [2.75, 3.05) is 25.2 Å². The minimum Gasteiger partial charge on any atom is -0.541 e. The summed E-state index contributed by atoms with van der Waals surface area (Å²) in [5, 5.41) is 12.5. The number of nitrogens with one attached hydrogen (secondary N) is 2. The van der Waals surface area contributed by atoms with Crippen molar-refractivity contribution in [2.24, 2.45) is 0 Å². The van der Waals surface area contributed by atoms with E-state index in [2.05, 4.69) is 51.2 Å². The van der Waals surface area contributed by atoms with Crippen molar-refractivity contribution in [1.82, 2.24) is 9.55 Å². The molecule has 0 saturated carbocycles. The van der Waals surface area contributed by atoms with Gasteiger partial charge in [0.2, 0.25) is 15.9 Å². The quantitative estimate of drug-likeness (QED) is 0.172. The number of hydrogen-bond acceptors (Lipinski definition) is 7. The van der Waals surface area contributed by atoms with Crippen molar-refractivity contribution in [3.63, 3.8) is 0 Å². The van der Waals surface area contributed by atoms with Crippen LogP contribution in [-0.2, 0) is 16.6 Å². The number of anilines is 1. The first kappa shape index (κ1) is 31.3. The van der Waals surface area contributed by atoms with Gasteiger partial charge in [0.25, 0.3) is 13.9 Å². The molecule has 0 aliphatic rings. The lowest BCUT2D eigenvalue weighted by atomic mass is 10.1. The first-order valence-corrected chi connectivity index (χ1v) is 18.0. The van der Waals surface area contributed by atoms with Crippen LogP contribution in [0.3, 0.4) is 0 Å². The third-order valence-electron chi connectivity index (χ3n) is 8.11.